The number of ether oxygens (including phenoxy) is 3. The van der Waals surface area contributed by atoms with Crippen LogP contribution in [-0.4, -0.2) is 30.7 Å². The molecule has 0 saturated carbocycles. The fourth-order valence-corrected chi connectivity index (χ4v) is 2.62. The van der Waals surface area contributed by atoms with Crippen LogP contribution in [0.5, 0.6) is 5.75 Å². The van der Waals surface area contributed by atoms with Crippen LogP contribution in [0.1, 0.15) is 21.5 Å². The Bertz CT molecular complexity index is 951. The average molecular weight is 384 g/mol. The van der Waals surface area contributed by atoms with Crippen molar-refractivity contribution in [2.24, 2.45) is 0 Å². The molecule has 9 heteroatoms. The first-order valence-corrected chi connectivity index (χ1v) is 8.17. The number of anilines is 1. The number of methoxy groups -OCH3 is 1. The van der Waals surface area contributed by atoms with Gasteiger partial charge in [-0.1, -0.05) is 0 Å². The number of carbonyl (C=O) groups is 2. The molecule has 2 aromatic rings. The first-order valence-electron chi connectivity index (χ1n) is 8.17. The van der Waals surface area contributed by atoms with E-state index in [1.165, 1.54) is 43.5 Å². The fourth-order valence-electron chi connectivity index (χ4n) is 2.62. The second kappa shape index (κ2) is 8.31. The van der Waals surface area contributed by atoms with E-state index in [1.54, 1.807) is 12.1 Å². The Morgan fingerprint density at radius 2 is 2.00 bits per heavy atom. The maximum Gasteiger partial charge on any atom is 0.337 e. The van der Waals surface area contributed by atoms with Crippen molar-refractivity contribution in [2.75, 3.05) is 19.2 Å². The number of nitrogens with one attached hydrogen (secondary N) is 1. The molecule has 144 valence electrons. The van der Waals surface area contributed by atoms with Crippen LogP contribution >= 0.6 is 0 Å². The molecule has 1 amide bonds. The van der Waals surface area contributed by atoms with E-state index >= 15 is 0 Å². The lowest BCUT2D eigenvalue weighted by molar-refractivity contribution is -0.385. The number of esters is 1. The van der Waals surface area contributed by atoms with Gasteiger partial charge in [0.25, 0.3) is 5.69 Å². The maximum absolute atomic E-state index is 12.2. The molecule has 0 fully saturated rings. The quantitative estimate of drug-likeness (QED) is 0.364. The summed E-state index contributed by atoms with van der Waals surface area (Å²) in [5.74, 6) is -0.473. The van der Waals surface area contributed by atoms with Crippen molar-refractivity contribution in [3.05, 3.63) is 69.3 Å². The molecule has 9 nitrogen and oxygen atoms in total. The Labute approximate surface area is 159 Å². The number of nitrogens with zero attached hydrogens (tertiary/aromatic N) is 1. The van der Waals surface area contributed by atoms with Crippen molar-refractivity contribution in [1.82, 2.24) is 0 Å². The third-order valence-corrected chi connectivity index (χ3v) is 3.92. The van der Waals surface area contributed by atoms with Gasteiger partial charge >= 0.3 is 5.97 Å². The molecule has 1 aliphatic heterocycles. The highest BCUT2D eigenvalue weighted by Gasteiger charge is 2.19. The molecule has 2 aromatic carbocycles. The molecule has 28 heavy (non-hydrogen) atoms. The second-order valence-electron chi connectivity index (χ2n) is 5.78. The minimum atomic E-state index is -0.519. The first kappa shape index (κ1) is 19.1. The Morgan fingerprint density at radius 3 is 2.68 bits per heavy atom. The molecule has 1 N–H and O–H groups in total. The summed E-state index contributed by atoms with van der Waals surface area (Å²) in [5, 5.41) is 13.7. The van der Waals surface area contributed by atoms with Gasteiger partial charge in [-0.15, -0.1) is 0 Å². The number of benzene rings is 2. The van der Waals surface area contributed by atoms with Gasteiger partial charge in [-0.2, -0.15) is 0 Å². The van der Waals surface area contributed by atoms with Crippen LogP contribution < -0.4 is 10.1 Å². The lowest BCUT2D eigenvalue weighted by atomic mass is 10.1. The van der Waals surface area contributed by atoms with Crippen molar-refractivity contribution in [3.63, 3.8) is 0 Å². The molecule has 0 unspecified atom stereocenters. The zero-order chi connectivity index (χ0) is 20.1. The number of carbonyl (C=O) groups excluding carboxylic acids is 2. The van der Waals surface area contributed by atoms with Crippen LogP contribution in [0.25, 0.3) is 6.08 Å². The van der Waals surface area contributed by atoms with Crippen molar-refractivity contribution in [3.8, 4) is 5.75 Å². The third kappa shape index (κ3) is 4.33. The van der Waals surface area contributed by atoms with Gasteiger partial charge in [-0.05, 0) is 30.3 Å². The molecule has 0 saturated heterocycles. The molecule has 1 aliphatic rings. The van der Waals surface area contributed by atoms with Crippen molar-refractivity contribution in [1.29, 1.82) is 0 Å². The number of non-ortho nitro benzene ring substituents is 1. The van der Waals surface area contributed by atoms with Gasteiger partial charge in [0, 0.05) is 35.0 Å². The monoisotopic (exact) mass is 384 g/mol. The smallest absolute Gasteiger partial charge is 0.337 e. The van der Waals surface area contributed by atoms with Crippen molar-refractivity contribution < 1.29 is 28.7 Å². The highest BCUT2D eigenvalue weighted by molar-refractivity contribution is 6.02. The Balaban J connectivity index is 1.76. The molecule has 0 bridgehead atoms. The van der Waals surface area contributed by atoms with Crippen LogP contribution in [0.2, 0.25) is 0 Å². The summed E-state index contributed by atoms with van der Waals surface area (Å²) in [5.41, 5.74) is 1.67. The normalized spacial score (nSPS) is 12.8. The number of fused-ring (bicyclic) bond motifs is 1. The van der Waals surface area contributed by atoms with Crippen molar-refractivity contribution >= 4 is 29.3 Å². The molecule has 3 rings (SSSR count). The van der Waals surface area contributed by atoms with Gasteiger partial charge in [0.2, 0.25) is 5.91 Å². The molecule has 1 heterocycles. The number of hydrogen-bond donors (Lipinski definition) is 1. The summed E-state index contributed by atoms with van der Waals surface area (Å²) in [4.78, 5) is 34.2. The molecule has 0 aliphatic carbocycles. The van der Waals surface area contributed by atoms with Crippen LogP contribution in [-0.2, 0) is 20.9 Å². The minimum Gasteiger partial charge on any atom is -0.467 e. The van der Waals surface area contributed by atoms with E-state index in [1.807, 2.05) is 0 Å². The number of nitro groups is 1. The highest BCUT2D eigenvalue weighted by atomic mass is 16.7. The molecule has 0 radical (unpaired) electrons. The number of hydrogen-bond acceptors (Lipinski definition) is 7. The van der Waals surface area contributed by atoms with Gasteiger partial charge in [0.05, 0.1) is 24.2 Å². The van der Waals surface area contributed by atoms with Gasteiger partial charge in [0.1, 0.15) is 5.75 Å². The second-order valence-corrected chi connectivity index (χ2v) is 5.78. The summed E-state index contributed by atoms with van der Waals surface area (Å²) < 4.78 is 15.2. The fraction of sp³-hybridized carbons (Fsp3) is 0.158. The minimum absolute atomic E-state index is 0.0321. The van der Waals surface area contributed by atoms with Crippen molar-refractivity contribution in [2.45, 2.75) is 6.61 Å². The van der Waals surface area contributed by atoms with E-state index in [2.05, 4.69) is 10.1 Å². The summed E-state index contributed by atoms with van der Waals surface area (Å²) >= 11 is 0. The van der Waals surface area contributed by atoms with E-state index in [4.69, 9.17) is 9.47 Å². The largest absolute Gasteiger partial charge is 0.467 e. The average Bonchev–Trinajstić information content (AvgIpc) is 2.71. The summed E-state index contributed by atoms with van der Waals surface area (Å²) in [7, 11) is 1.28. The van der Waals surface area contributed by atoms with Gasteiger partial charge in [-0.25, -0.2) is 4.79 Å². The number of rotatable bonds is 5. The zero-order valence-electron chi connectivity index (χ0n) is 14.8. The molecular weight excluding hydrogens is 368 g/mol. The molecule has 0 aromatic heterocycles. The lowest BCUT2D eigenvalue weighted by Gasteiger charge is -2.19. The van der Waals surface area contributed by atoms with E-state index in [9.17, 15) is 19.7 Å². The van der Waals surface area contributed by atoms with Crippen LogP contribution in [0.4, 0.5) is 11.4 Å². The van der Waals surface area contributed by atoms with Crippen LogP contribution in [0.15, 0.2) is 42.5 Å². The van der Waals surface area contributed by atoms with Crippen LogP contribution in [0, 0.1) is 10.1 Å². The van der Waals surface area contributed by atoms with E-state index in [-0.39, 0.29) is 19.1 Å². The Kier molecular flexibility index (Phi) is 5.66. The summed E-state index contributed by atoms with van der Waals surface area (Å²) in [6.07, 6.45) is 2.68. The molecule has 0 spiro atoms. The Morgan fingerprint density at radius 1 is 1.25 bits per heavy atom. The zero-order valence-corrected chi connectivity index (χ0v) is 14.8. The van der Waals surface area contributed by atoms with Gasteiger partial charge in [0.15, 0.2) is 6.79 Å². The SMILES string of the molecule is COC(=O)c1ccc(NC(=O)/C=C/c2cc([N+](=O)[O-])cc3c2OCOC3)cc1. The Hall–Kier alpha value is -3.72. The molecule has 0 atom stereocenters. The van der Waals surface area contributed by atoms with E-state index in [0.717, 1.165) is 0 Å². The topological polar surface area (TPSA) is 117 Å². The van der Waals surface area contributed by atoms with Gasteiger partial charge < -0.3 is 19.5 Å². The number of amides is 1. The van der Waals surface area contributed by atoms with E-state index in [0.29, 0.717) is 28.1 Å². The predicted octanol–water partition coefficient (Wildman–Crippen LogP) is 2.90. The third-order valence-electron chi connectivity index (χ3n) is 3.92. The van der Waals surface area contributed by atoms with E-state index < -0.39 is 16.8 Å². The molecular formula is C19H16N2O7. The lowest BCUT2D eigenvalue weighted by Crippen LogP contribution is -2.13. The highest BCUT2D eigenvalue weighted by Crippen LogP contribution is 2.33. The number of nitro benzene ring substituents is 1. The van der Waals surface area contributed by atoms with Gasteiger partial charge in [-0.3, -0.25) is 14.9 Å². The summed E-state index contributed by atoms with van der Waals surface area (Å²) in [6, 6.07) is 8.89. The standard InChI is InChI=1S/C19H16N2O7/c1-26-19(23)12-2-5-15(6-3-12)20-17(22)7-4-13-8-16(21(24)25)9-14-10-27-11-28-18(13)14/h2-9H,10-11H2,1H3,(H,20,22)/b7-4+. The maximum atomic E-state index is 12.2. The first-order chi connectivity index (χ1) is 13.5. The van der Waals surface area contributed by atoms with Crippen LogP contribution in [0.3, 0.4) is 0 Å². The summed E-state index contributed by atoms with van der Waals surface area (Å²) in [6.45, 7) is 0.223. The predicted molar refractivity (Wildman–Crippen MR) is 98.8 cm³/mol.